The molecule has 0 unspecified atom stereocenters. The van der Waals surface area contributed by atoms with Gasteiger partial charge >= 0.3 is 0 Å². The Bertz CT molecular complexity index is 563. The third-order valence-corrected chi connectivity index (χ3v) is 3.63. The van der Waals surface area contributed by atoms with Crippen LogP contribution >= 0.6 is 23.2 Å². The number of hydrogen-bond acceptors (Lipinski definition) is 2. The molecule has 0 aliphatic rings. The van der Waals surface area contributed by atoms with Gasteiger partial charge in [-0.1, -0.05) is 23.2 Å². The van der Waals surface area contributed by atoms with Crippen LogP contribution in [0, 0.1) is 0 Å². The van der Waals surface area contributed by atoms with Crippen LogP contribution in [0.4, 0.5) is 0 Å². The number of halogens is 2. The van der Waals surface area contributed by atoms with Gasteiger partial charge < -0.3 is 14.5 Å². The van der Waals surface area contributed by atoms with Crippen molar-refractivity contribution in [3.05, 3.63) is 40.7 Å². The minimum absolute atomic E-state index is 0.179. The number of hydrogen-bond donors (Lipinski definition) is 1. The molecule has 0 atom stereocenters. The van der Waals surface area contributed by atoms with Crippen LogP contribution in [-0.4, -0.2) is 26.6 Å². The maximum absolute atomic E-state index is 11.9. The molecule has 0 fully saturated rings. The number of amides is 1. The third-order valence-electron chi connectivity index (χ3n) is 2.79. The summed E-state index contributed by atoms with van der Waals surface area (Å²) in [6.45, 7) is 1.40. The van der Waals surface area contributed by atoms with Crippen molar-refractivity contribution in [2.75, 3.05) is 6.54 Å². The second-order valence-corrected chi connectivity index (χ2v) is 4.90. The van der Waals surface area contributed by atoms with Crippen molar-refractivity contribution in [2.45, 2.75) is 13.0 Å². The number of rotatable bonds is 5. The van der Waals surface area contributed by atoms with Crippen LogP contribution < -0.4 is 5.32 Å². The van der Waals surface area contributed by atoms with Crippen LogP contribution in [-0.2, 0) is 13.6 Å². The fourth-order valence-electron chi connectivity index (χ4n) is 1.73. The summed E-state index contributed by atoms with van der Waals surface area (Å²) >= 11 is 11.8. The summed E-state index contributed by atoms with van der Waals surface area (Å²) in [5.41, 5.74) is 0.456. The predicted octanol–water partition coefficient (Wildman–Crippen LogP) is 2.35. The molecular weight excluding hydrogens is 287 g/mol. The normalized spacial score (nSPS) is 10.7. The van der Waals surface area contributed by atoms with E-state index >= 15 is 0 Å². The van der Waals surface area contributed by atoms with Gasteiger partial charge in [-0.15, -0.1) is 0 Å². The van der Waals surface area contributed by atoms with Gasteiger partial charge in [0.25, 0.3) is 5.91 Å². The molecule has 2 rings (SSSR count). The number of carbonyl (C=O) groups is 1. The van der Waals surface area contributed by atoms with Gasteiger partial charge in [0.2, 0.25) is 0 Å². The molecule has 0 saturated heterocycles. The zero-order valence-corrected chi connectivity index (χ0v) is 11.9. The zero-order chi connectivity index (χ0) is 13.8. The highest BCUT2D eigenvalue weighted by Gasteiger charge is 2.14. The Balaban J connectivity index is 1.82. The second-order valence-electron chi connectivity index (χ2n) is 4.14. The maximum Gasteiger partial charge on any atom is 0.267 e. The summed E-state index contributed by atoms with van der Waals surface area (Å²) in [6, 6.07) is 1.56. The van der Waals surface area contributed by atoms with Gasteiger partial charge in [-0.3, -0.25) is 4.79 Å². The van der Waals surface area contributed by atoms with E-state index in [1.807, 2.05) is 10.8 Å². The molecule has 0 aliphatic carbocycles. The summed E-state index contributed by atoms with van der Waals surface area (Å²) in [5, 5.41) is 3.58. The Morgan fingerprint density at radius 2 is 2.26 bits per heavy atom. The number of aromatic nitrogens is 3. The van der Waals surface area contributed by atoms with Gasteiger partial charge in [0.15, 0.2) is 0 Å². The van der Waals surface area contributed by atoms with Gasteiger partial charge in [0.05, 0.1) is 11.3 Å². The first-order valence-corrected chi connectivity index (χ1v) is 6.60. The molecule has 2 aromatic heterocycles. The van der Waals surface area contributed by atoms with E-state index < -0.39 is 0 Å². The molecule has 0 spiro atoms. The Kier molecular flexibility index (Phi) is 4.50. The van der Waals surface area contributed by atoms with Crippen molar-refractivity contribution in [3.63, 3.8) is 0 Å². The van der Waals surface area contributed by atoms with Crippen LogP contribution in [0.3, 0.4) is 0 Å². The number of nitrogens with zero attached hydrogens (tertiary/aromatic N) is 3. The molecule has 19 heavy (non-hydrogen) atoms. The van der Waals surface area contributed by atoms with Gasteiger partial charge in [0, 0.05) is 32.5 Å². The fraction of sp³-hybridized carbons (Fsp3) is 0.333. The molecule has 0 bridgehead atoms. The SMILES string of the molecule is Cn1c(C(=O)NCCCn2ccnc2)cc(Cl)c1Cl. The standard InChI is InChI=1S/C12H14Cl2N4O/c1-17-10(7-9(13)11(17)14)12(19)16-3-2-5-18-6-4-15-8-18/h4,6-8H,2-3,5H2,1H3,(H,16,19). The van der Waals surface area contributed by atoms with Crippen molar-refractivity contribution in [2.24, 2.45) is 7.05 Å². The first kappa shape index (κ1) is 14.0. The number of nitrogens with one attached hydrogen (secondary N) is 1. The molecular formula is C12H14Cl2N4O. The Morgan fingerprint density at radius 1 is 1.47 bits per heavy atom. The molecule has 2 aromatic rings. The van der Waals surface area contributed by atoms with E-state index in [0.29, 0.717) is 22.4 Å². The van der Waals surface area contributed by atoms with Crippen molar-refractivity contribution in [1.82, 2.24) is 19.4 Å². The van der Waals surface area contributed by atoms with E-state index in [1.165, 1.54) is 0 Å². The minimum Gasteiger partial charge on any atom is -0.351 e. The number of imidazole rings is 1. The lowest BCUT2D eigenvalue weighted by molar-refractivity contribution is 0.0944. The predicted molar refractivity (Wildman–Crippen MR) is 74.6 cm³/mol. The van der Waals surface area contributed by atoms with Crippen LogP contribution in [0.5, 0.6) is 0 Å². The first-order chi connectivity index (χ1) is 9.09. The van der Waals surface area contributed by atoms with Crippen LogP contribution in [0.25, 0.3) is 0 Å². The van der Waals surface area contributed by atoms with Gasteiger partial charge in [-0.2, -0.15) is 0 Å². The summed E-state index contributed by atoms with van der Waals surface area (Å²) in [5.74, 6) is -0.179. The molecule has 102 valence electrons. The quantitative estimate of drug-likeness (QED) is 0.862. The minimum atomic E-state index is -0.179. The topological polar surface area (TPSA) is 51.9 Å². The van der Waals surface area contributed by atoms with Crippen LogP contribution in [0.2, 0.25) is 10.2 Å². The largest absolute Gasteiger partial charge is 0.351 e. The molecule has 1 amide bonds. The zero-order valence-electron chi connectivity index (χ0n) is 10.4. The van der Waals surface area contributed by atoms with Crippen molar-refractivity contribution < 1.29 is 4.79 Å². The van der Waals surface area contributed by atoms with Crippen molar-refractivity contribution in [1.29, 1.82) is 0 Å². The average Bonchev–Trinajstić information content (AvgIpc) is 2.99. The van der Waals surface area contributed by atoms with E-state index in [1.54, 1.807) is 30.2 Å². The van der Waals surface area contributed by atoms with Crippen LogP contribution in [0.15, 0.2) is 24.8 Å². The van der Waals surface area contributed by atoms with Crippen molar-refractivity contribution in [3.8, 4) is 0 Å². The highest BCUT2D eigenvalue weighted by Crippen LogP contribution is 2.24. The highest BCUT2D eigenvalue weighted by atomic mass is 35.5. The van der Waals surface area contributed by atoms with E-state index in [-0.39, 0.29) is 5.91 Å². The van der Waals surface area contributed by atoms with E-state index in [0.717, 1.165) is 13.0 Å². The molecule has 0 aliphatic heterocycles. The monoisotopic (exact) mass is 300 g/mol. The summed E-state index contributed by atoms with van der Waals surface area (Å²) in [6.07, 6.45) is 6.19. The lowest BCUT2D eigenvalue weighted by Gasteiger charge is -2.06. The second kappa shape index (κ2) is 6.12. The summed E-state index contributed by atoms with van der Waals surface area (Å²) < 4.78 is 3.53. The van der Waals surface area contributed by atoms with Crippen molar-refractivity contribution >= 4 is 29.1 Å². The lowest BCUT2D eigenvalue weighted by atomic mass is 10.3. The van der Waals surface area contributed by atoms with Gasteiger partial charge in [0.1, 0.15) is 10.8 Å². The van der Waals surface area contributed by atoms with Crippen LogP contribution in [0.1, 0.15) is 16.9 Å². The Labute approximate surface area is 121 Å². The molecule has 0 aromatic carbocycles. The molecule has 0 saturated carbocycles. The van der Waals surface area contributed by atoms with E-state index in [9.17, 15) is 4.79 Å². The maximum atomic E-state index is 11.9. The molecule has 1 N–H and O–H groups in total. The van der Waals surface area contributed by atoms with E-state index in [4.69, 9.17) is 23.2 Å². The Morgan fingerprint density at radius 3 is 2.84 bits per heavy atom. The summed E-state index contributed by atoms with van der Waals surface area (Å²) in [4.78, 5) is 15.9. The van der Waals surface area contributed by atoms with Gasteiger partial charge in [-0.05, 0) is 12.5 Å². The average molecular weight is 301 g/mol. The fourth-order valence-corrected chi connectivity index (χ4v) is 2.11. The summed E-state index contributed by atoms with van der Waals surface area (Å²) in [7, 11) is 1.70. The smallest absolute Gasteiger partial charge is 0.267 e. The first-order valence-electron chi connectivity index (χ1n) is 5.84. The lowest BCUT2D eigenvalue weighted by Crippen LogP contribution is -2.26. The number of aryl methyl sites for hydroxylation is 1. The molecule has 0 radical (unpaired) electrons. The molecule has 5 nitrogen and oxygen atoms in total. The Hall–Kier alpha value is -1.46. The van der Waals surface area contributed by atoms with E-state index in [2.05, 4.69) is 10.3 Å². The number of carbonyl (C=O) groups excluding carboxylic acids is 1. The molecule has 2 heterocycles. The third kappa shape index (κ3) is 3.30. The van der Waals surface area contributed by atoms with Gasteiger partial charge in [-0.25, -0.2) is 4.98 Å². The molecule has 7 heteroatoms. The highest BCUT2D eigenvalue weighted by molar-refractivity contribution is 6.41.